The Bertz CT molecular complexity index is 205. The Morgan fingerprint density at radius 3 is 2.73 bits per heavy atom. The first kappa shape index (κ1) is 12.8. The van der Waals surface area contributed by atoms with Crippen LogP contribution in [-0.4, -0.2) is 40.9 Å². The van der Waals surface area contributed by atoms with E-state index in [0.717, 1.165) is 18.7 Å². The molecule has 1 unspecified atom stereocenters. The van der Waals surface area contributed by atoms with Gasteiger partial charge in [0.2, 0.25) is 5.91 Å². The molecule has 0 radical (unpaired) electrons. The van der Waals surface area contributed by atoms with E-state index in [1.165, 1.54) is 12.8 Å². The van der Waals surface area contributed by atoms with Crippen molar-refractivity contribution < 1.29 is 4.79 Å². The predicted molar refractivity (Wildman–Crippen MR) is 66.0 cm³/mol. The molecule has 2 N–H and O–H groups in total. The van der Waals surface area contributed by atoms with Crippen LogP contribution in [0.1, 0.15) is 33.1 Å². The van der Waals surface area contributed by atoms with Crippen LogP contribution in [0.3, 0.4) is 0 Å². The smallest absolute Gasteiger partial charge is 0.232 e. The van der Waals surface area contributed by atoms with E-state index in [4.69, 9.17) is 5.73 Å². The maximum Gasteiger partial charge on any atom is 0.232 e. The minimum Gasteiger partial charge on any atom is -0.339 e. The van der Waals surface area contributed by atoms with Gasteiger partial charge in [-0.25, -0.2) is 0 Å². The van der Waals surface area contributed by atoms with Gasteiger partial charge in [0.1, 0.15) is 0 Å². The molecule has 0 spiro atoms. The zero-order valence-corrected chi connectivity index (χ0v) is 10.6. The Morgan fingerprint density at radius 2 is 2.27 bits per heavy atom. The van der Waals surface area contributed by atoms with Gasteiger partial charge in [0, 0.05) is 18.6 Å². The fourth-order valence-corrected chi connectivity index (χ4v) is 2.56. The molecule has 1 aliphatic carbocycles. The number of carbonyl (C=O) groups excluding carboxylic acids is 1. The van der Waals surface area contributed by atoms with Crippen molar-refractivity contribution in [1.82, 2.24) is 4.90 Å². The van der Waals surface area contributed by atoms with Crippen LogP contribution in [0.2, 0.25) is 0 Å². The molecule has 1 rings (SSSR count). The average molecular weight is 230 g/mol. The Morgan fingerprint density at radius 1 is 1.60 bits per heavy atom. The Kier molecular flexibility index (Phi) is 5.47. The fraction of sp³-hybridized carbons (Fsp3) is 0.909. The minimum absolute atomic E-state index is 0.248. The van der Waals surface area contributed by atoms with Crippen molar-refractivity contribution in [3.05, 3.63) is 0 Å². The van der Waals surface area contributed by atoms with Gasteiger partial charge in [-0.15, -0.1) is 0 Å². The van der Waals surface area contributed by atoms with Crippen molar-refractivity contribution in [2.75, 3.05) is 18.1 Å². The third-order valence-electron chi connectivity index (χ3n) is 2.59. The first-order valence-electron chi connectivity index (χ1n) is 5.78. The summed E-state index contributed by atoms with van der Waals surface area (Å²) in [6.45, 7) is 4.92. The van der Waals surface area contributed by atoms with Crippen molar-refractivity contribution in [1.29, 1.82) is 0 Å². The lowest BCUT2D eigenvalue weighted by Gasteiger charge is -2.20. The number of hydrogen-bond donors (Lipinski definition) is 1. The summed E-state index contributed by atoms with van der Waals surface area (Å²) in [5.74, 6) is 1.91. The second-order valence-corrected chi connectivity index (χ2v) is 5.33. The number of amides is 1. The quantitative estimate of drug-likeness (QED) is 0.674. The molecule has 0 aromatic carbocycles. The van der Waals surface area contributed by atoms with E-state index in [2.05, 4.69) is 6.92 Å². The maximum absolute atomic E-state index is 11.8. The van der Waals surface area contributed by atoms with Gasteiger partial charge in [-0.3, -0.25) is 4.79 Å². The normalized spacial score (nSPS) is 17.5. The molecular formula is C11H22N2OS. The minimum atomic E-state index is 0.248. The largest absolute Gasteiger partial charge is 0.339 e. The average Bonchev–Trinajstić information content (AvgIpc) is 2.97. The van der Waals surface area contributed by atoms with E-state index in [9.17, 15) is 4.79 Å². The Balaban J connectivity index is 2.11. The van der Waals surface area contributed by atoms with Gasteiger partial charge in [0.15, 0.2) is 0 Å². The molecule has 0 aromatic heterocycles. The standard InChI is InChI=1S/C11H22N2OS/c1-3-13(10-4-5-10)11(14)8-15-7-6-9(2)12/h9-10H,3-8,12H2,1-2H3. The highest BCUT2D eigenvalue weighted by Gasteiger charge is 2.30. The molecule has 3 nitrogen and oxygen atoms in total. The van der Waals surface area contributed by atoms with E-state index >= 15 is 0 Å². The lowest BCUT2D eigenvalue weighted by atomic mass is 10.3. The molecule has 88 valence electrons. The summed E-state index contributed by atoms with van der Waals surface area (Å²) in [4.78, 5) is 13.8. The highest BCUT2D eigenvalue weighted by Crippen LogP contribution is 2.27. The maximum atomic E-state index is 11.8. The number of hydrogen-bond acceptors (Lipinski definition) is 3. The summed E-state index contributed by atoms with van der Waals surface area (Å²) in [7, 11) is 0. The second kappa shape index (κ2) is 6.38. The third-order valence-corrected chi connectivity index (χ3v) is 3.57. The lowest BCUT2D eigenvalue weighted by Crippen LogP contribution is -2.34. The number of carbonyl (C=O) groups is 1. The van der Waals surface area contributed by atoms with Gasteiger partial charge in [-0.2, -0.15) is 11.8 Å². The van der Waals surface area contributed by atoms with E-state index in [-0.39, 0.29) is 6.04 Å². The summed E-state index contributed by atoms with van der Waals surface area (Å²) >= 11 is 1.71. The molecule has 0 saturated heterocycles. The molecule has 0 bridgehead atoms. The van der Waals surface area contributed by atoms with E-state index < -0.39 is 0 Å². The summed E-state index contributed by atoms with van der Waals surface area (Å²) in [5, 5.41) is 0. The first-order valence-corrected chi connectivity index (χ1v) is 6.93. The summed E-state index contributed by atoms with van der Waals surface area (Å²) in [6.07, 6.45) is 3.39. The topological polar surface area (TPSA) is 46.3 Å². The zero-order chi connectivity index (χ0) is 11.3. The molecule has 0 aliphatic heterocycles. The molecule has 1 amide bonds. The van der Waals surface area contributed by atoms with Crippen molar-refractivity contribution in [2.24, 2.45) is 5.73 Å². The van der Waals surface area contributed by atoms with Crippen LogP contribution >= 0.6 is 11.8 Å². The van der Waals surface area contributed by atoms with Crippen LogP contribution in [-0.2, 0) is 4.79 Å². The Labute approximate surface area is 96.8 Å². The molecular weight excluding hydrogens is 208 g/mol. The summed E-state index contributed by atoms with van der Waals surface area (Å²) < 4.78 is 0. The number of nitrogens with two attached hydrogens (primary N) is 1. The van der Waals surface area contributed by atoms with Crippen LogP contribution in [0.4, 0.5) is 0 Å². The fourth-order valence-electron chi connectivity index (χ4n) is 1.54. The SMILES string of the molecule is CCN(C(=O)CSCCC(C)N)C1CC1. The van der Waals surface area contributed by atoms with Gasteiger partial charge >= 0.3 is 0 Å². The molecule has 4 heteroatoms. The molecule has 15 heavy (non-hydrogen) atoms. The van der Waals surface area contributed by atoms with E-state index in [1.54, 1.807) is 11.8 Å². The summed E-state index contributed by atoms with van der Waals surface area (Å²) in [6, 6.07) is 0.801. The monoisotopic (exact) mass is 230 g/mol. The molecule has 1 saturated carbocycles. The van der Waals surface area contributed by atoms with Crippen LogP contribution in [0.25, 0.3) is 0 Å². The van der Waals surface area contributed by atoms with Crippen LogP contribution in [0, 0.1) is 0 Å². The van der Waals surface area contributed by atoms with Gasteiger partial charge in [0.05, 0.1) is 5.75 Å². The van der Waals surface area contributed by atoms with Crippen molar-refractivity contribution in [2.45, 2.75) is 45.2 Å². The molecule has 1 atom stereocenters. The highest BCUT2D eigenvalue weighted by atomic mass is 32.2. The van der Waals surface area contributed by atoms with Gasteiger partial charge < -0.3 is 10.6 Å². The van der Waals surface area contributed by atoms with Gasteiger partial charge in [-0.1, -0.05) is 0 Å². The summed E-state index contributed by atoms with van der Waals surface area (Å²) in [5.41, 5.74) is 5.64. The Hall–Kier alpha value is -0.220. The number of nitrogens with zero attached hydrogens (tertiary/aromatic N) is 1. The molecule has 0 heterocycles. The van der Waals surface area contributed by atoms with E-state index in [1.807, 2.05) is 11.8 Å². The third kappa shape index (κ3) is 4.89. The van der Waals surface area contributed by atoms with Gasteiger partial charge in [0.25, 0.3) is 0 Å². The second-order valence-electron chi connectivity index (χ2n) is 4.23. The molecule has 0 aromatic rings. The highest BCUT2D eigenvalue weighted by molar-refractivity contribution is 7.99. The van der Waals surface area contributed by atoms with Crippen LogP contribution < -0.4 is 5.73 Å². The number of thioether (sulfide) groups is 1. The van der Waals surface area contributed by atoms with Gasteiger partial charge in [-0.05, 0) is 38.9 Å². The van der Waals surface area contributed by atoms with E-state index in [0.29, 0.717) is 17.7 Å². The predicted octanol–water partition coefficient (Wildman–Crippen LogP) is 1.47. The van der Waals surface area contributed by atoms with Crippen LogP contribution in [0.15, 0.2) is 0 Å². The van der Waals surface area contributed by atoms with Crippen molar-refractivity contribution in [3.63, 3.8) is 0 Å². The zero-order valence-electron chi connectivity index (χ0n) is 9.74. The van der Waals surface area contributed by atoms with Crippen molar-refractivity contribution >= 4 is 17.7 Å². The van der Waals surface area contributed by atoms with Crippen molar-refractivity contribution in [3.8, 4) is 0 Å². The molecule has 1 fully saturated rings. The first-order chi connectivity index (χ1) is 7.15. The number of rotatable bonds is 7. The lowest BCUT2D eigenvalue weighted by molar-refractivity contribution is -0.128. The van der Waals surface area contributed by atoms with Crippen LogP contribution in [0.5, 0.6) is 0 Å². The molecule has 1 aliphatic rings.